The lowest BCUT2D eigenvalue weighted by Crippen LogP contribution is -2.36. The van der Waals surface area contributed by atoms with E-state index in [9.17, 15) is 0 Å². The van der Waals surface area contributed by atoms with E-state index in [-0.39, 0.29) is 0 Å². The number of para-hydroxylation sites is 2. The van der Waals surface area contributed by atoms with Crippen molar-refractivity contribution in [2.24, 2.45) is 0 Å². The van der Waals surface area contributed by atoms with Crippen LogP contribution in [-0.4, -0.2) is 0 Å². The summed E-state index contributed by atoms with van der Waals surface area (Å²) in [5, 5.41) is 2.26. The maximum Gasteiger partial charge on any atom is 0.178 e. The number of unbranched alkanes of at least 4 members (excludes halogenated alkanes) is 6. The molecule has 2 heterocycles. The average molecular weight is 1040 g/mol. The van der Waals surface area contributed by atoms with Gasteiger partial charge in [0.1, 0.15) is 5.75 Å². The van der Waals surface area contributed by atoms with Crippen molar-refractivity contribution in [3.8, 4) is 27.3 Å². The Labute approximate surface area is 471 Å². The van der Waals surface area contributed by atoms with E-state index in [1.165, 1.54) is 107 Å². The Bertz CT molecular complexity index is 3740. The monoisotopic (exact) mass is 1040 g/mol. The molecule has 79 heavy (non-hydrogen) atoms. The Kier molecular flexibility index (Phi) is 14.8. The van der Waals surface area contributed by atoms with Crippen molar-refractivity contribution in [3.05, 3.63) is 297 Å². The number of aryl methyl sites for hydroxylation is 2. The van der Waals surface area contributed by atoms with Gasteiger partial charge in [-0.3, -0.25) is 0 Å². The van der Waals surface area contributed by atoms with Gasteiger partial charge in [-0.05, 0) is 142 Å². The number of fused-ring (bicyclic) bond motifs is 8. The van der Waals surface area contributed by atoms with Gasteiger partial charge in [-0.2, -0.15) is 0 Å². The molecule has 10 aromatic rings. The van der Waals surface area contributed by atoms with Crippen LogP contribution in [-0.2, 0) is 23.9 Å². The molecule has 2 aliphatic rings. The van der Waals surface area contributed by atoms with Crippen molar-refractivity contribution in [1.82, 2.24) is 0 Å². The minimum Gasteiger partial charge on any atom is -0.472 e. The number of ether oxygens (including phenoxy) is 1. The molecule has 0 fully saturated rings. The van der Waals surface area contributed by atoms with Crippen molar-refractivity contribution >= 4 is 51.3 Å². The molecule has 1 aliphatic heterocycles. The average Bonchev–Trinajstić information content (AvgIpc) is 3.34. The van der Waals surface area contributed by atoms with Gasteiger partial charge < -0.3 is 9.64 Å². The third-order valence-corrected chi connectivity index (χ3v) is 17.5. The molecule has 0 saturated carbocycles. The quantitative estimate of drug-likeness (QED) is 0.0593. The smallest absolute Gasteiger partial charge is 0.178 e. The van der Waals surface area contributed by atoms with Gasteiger partial charge in [0.25, 0.3) is 0 Å². The predicted octanol–water partition coefficient (Wildman–Crippen LogP) is 20.9. The zero-order valence-corrected chi connectivity index (χ0v) is 46.2. The second-order valence-electron chi connectivity index (χ2n) is 21.3. The van der Waals surface area contributed by atoms with Crippen LogP contribution in [0.1, 0.15) is 120 Å². The molecule has 9 aromatic carbocycles. The molecule has 12 rings (SSSR count). The van der Waals surface area contributed by atoms with Gasteiger partial charge in [-0.25, -0.2) is 4.85 Å². The molecule has 0 radical (unpaired) electrons. The van der Waals surface area contributed by atoms with Gasteiger partial charge in [-0.15, -0.1) is 11.3 Å². The molecule has 0 spiro atoms. The molecule has 0 N–H and O–H groups in total. The highest BCUT2D eigenvalue weighted by molar-refractivity contribution is 7.16. The van der Waals surface area contributed by atoms with E-state index in [1.807, 2.05) is 6.08 Å². The Balaban J connectivity index is 1.12. The summed E-state index contributed by atoms with van der Waals surface area (Å²) in [6.45, 7) is 11.8. The topological polar surface area (TPSA) is 16.8 Å². The Morgan fingerprint density at radius 2 is 1.09 bits per heavy atom. The first-order valence-electron chi connectivity index (χ1n) is 28.5. The van der Waals surface area contributed by atoms with Crippen molar-refractivity contribution in [2.75, 3.05) is 4.90 Å². The number of anilines is 3. The molecule has 388 valence electrons. The lowest BCUT2D eigenvalue weighted by atomic mass is 9.65. The summed E-state index contributed by atoms with van der Waals surface area (Å²) in [5.74, 6) is 0.881. The Morgan fingerprint density at radius 1 is 0.532 bits per heavy atom. The lowest BCUT2D eigenvalue weighted by Gasteiger charge is -2.40. The molecule has 1 atom stereocenters. The molecule has 1 unspecified atom stereocenters. The van der Waals surface area contributed by atoms with Crippen molar-refractivity contribution in [2.45, 2.75) is 89.1 Å². The minimum atomic E-state index is -0.950. The standard InChI is InChI=1S/C75H66N2OS/c1-4-6-8-13-23-54-33-39-59(40-34-54)75(60-41-35-55(36-42-60)24-14-9-7-5-2)69-53-63(77(61-27-17-11-18-28-61)62-29-19-12-20-30-62)45-47-67(69)71-65-31-21-22-32-66(65)73-68(72(71)75)49-51-74(78-73,57-25-15-10-16-26-57)58-43-37-56(38-44-58)70-48-46-64(79-70)50-52-76-3/h10-12,15-22,25-53H,4-9,13-14,23-24H2,1-2H3/b52-50-. The number of rotatable bonds is 19. The Hall–Kier alpha value is -8.49. The highest BCUT2D eigenvalue weighted by Crippen LogP contribution is 2.63. The van der Waals surface area contributed by atoms with Crippen LogP contribution in [0, 0.1) is 6.57 Å². The second-order valence-corrected chi connectivity index (χ2v) is 22.4. The number of hydrogen-bond acceptors (Lipinski definition) is 3. The van der Waals surface area contributed by atoms with Crippen LogP contribution >= 0.6 is 11.3 Å². The summed E-state index contributed by atoms with van der Waals surface area (Å²) in [6.07, 6.45) is 20.1. The van der Waals surface area contributed by atoms with Crippen LogP contribution in [0.25, 0.3) is 49.3 Å². The van der Waals surface area contributed by atoms with E-state index in [2.05, 4.69) is 254 Å². The molecular weight excluding hydrogens is 977 g/mol. The molecule has 0 bridgehead atoms. The summed E-state index contributed by atoms with van der Waals surface area (Å²) in [7, 11) is 0. The van der Waals surface area contributed by atoms with Crippen LogP contribution < -0.4 is 9.64 Å². The van der Waals surface area contributed by atoms with Gasteiger partial charge in [0.05, 0.1) is 12.0 Å². The number of thiophene rings is 1. The van der Waals surface area contributed by atoms with Crippen LogP contribution in [0.2, 0.25) is 0 Å². The SMILES string of the molecule is [C-]#[N+]/C=C\c1ccc(-c2ccc(C3(c4ccccc4)C=Cc4c5c(c6ccccc6c4O3)-c3ccc(N(c4ccccc4)c4ccccc4)cc3C5(c3ccc(CCCCCC)cc3)c3ccc(CCCCCC)cc3)cc2)s1. The molecule has 1 aromatic heterocycles. The minimum absolute atomic E-state index is 0.763. The maximum absolute atomic E-state index is 8.00. The summed E-state index contributed by atoms with van der Waals surface area (Å²) in [6, 6.07) is 81.2. The predicted molar refractivity (Wildman–Crippen MR) is 334 cm³/mol. The maximum atomic E-state index is 8.00. The third kappa shape index (κ3) is 9.62. The highest BCUT2D eigenvalue weighted by atomic mass is 32.1. The van der Waals surface area contributed by atoms with Gasteiger partial charge >= 0.3 is 0 Å². The third-order valence-electron chi connectivity index (χ3n) is 16.4. The summed E-state index contributed by atoms with van der Waals surface area (Å²) in [4.78, 5) is 8.05. The van der Waals surface area contributed by atoms with Crippen LogP contribution in [0.5, 0.6) is 5.75 Å². The zero-order chi connectivity index (χ0) is 53.6. The summed E-state index contributed by atoms with van der Waals surface area (Å²) < 4.78 is 8.00. The fraction of sp³-hybridized carbons (Fsp3) is 0.187. The molecule has 4 heteroatoms. The van der Waals surface area contributed by atoms with Crippen LogP contribution in [0.15, 0.2) is 231 Å². The van der Waals surface area contributed by atoms with Gasteiger partial charge in [0.2, 0.25) is 0 Å². The number of benzene rings is 9. The highest BCUT2D eigenvalue weighted by Gasteiger charge is 2.51. The van der Waals surface area contributed by atoms with Gasteiger partial charge in [-0.1, -0.05) is 228 Å². The zero-order valence-electron chi connectivity index (χ0n) is 45.4. The first-order chi connectivity index (χ1) is 39.0. The van der Waals surface area contributed by atoms with Crippen molar-refractivity contribution in [3.63, 3.8) is 0 Å². The second kappa shape index (κ2) is 22.8. The van der Waals surface area contributed by atoms with E-state index >= 15 is 0 Å². The summed E-state index contributed by atoms with van der Waals surface area (Å²) in [5.41, 5.74) is 16.2. The summed E-state index contributed by atoms with van der Waals surface area (Å²) >= 11 is 1.69. The molecule has 0 saturated heterocycles. The van der Waals surface area contributed by atoms with Crippen molar-refractivity contribution in [1.29, 1.82) is 0 Å². The van der Waals surface area contributed by atoms with Crippen LogP contribution in [0.4, 0.5) is 17.1 Å². The first-order valence-corrected chi connectivity index (χ1v) is 29.4. The van der Waals surface area contributed by atoms with E-state index < -0.39 is 11.0 Å². The van der Waals surface area contributed by atoms with E-state index in [0.29, 0.717) is 0 Å². The molecule has 1 aliphatic carbocycles. The van der Waals surface area contributed by atoms with Crippen LogP contribution in [0.3, 0.4) is 0 Å². The largest absolute Gasteiger partial charge is 0.472 e. The number of hydrogen-bond donors (Lipinski definition) is 0. The fourth-order valence-electron chi connectivity index (χ4n) is 12.6. The van der Waals surface area contributed by atoms with Crippen molar-refractivity contribution < 1.29 is 4.74 Å². The molecular formula is C75H66N2OS. The number of nitrogens with zero attached hydrogens (tertiary/aromatic N) is 2. The normalized spacial score (nSPS) is 14.8. The van der Waals surface area contributed by atoms with E-state index in [1.54, 1.807) is 11.3 Å². The molecule has 3 nitrogen and oxygen atoms in total. The first kappa shape index (κ1) is 51.3. The van der Waals surface area contributed by atoms with Gasteiger partial charge in [0, 0.05) is 48.9 Å². The molecule has 0 amide bonds. The fourth-order valence-corrected chi connectivity index (χ4v) is 13.5. The van der Waals surface area contributed by atoms with E-state index in [4.69, 9.17) is 11.3 Å². The van der Waals surface area contributed by atoms with E-state index in [0.717, 1.165) is 73.0 Å². The lowest BCUT2D eigenvalue weighted by molar-refractivity contribution is 0.163. The Morgan fingerprint density at radius 3 is 1.68 bits per heavy atom. The van der Waals surface area contributed by atoms with Gasteiger partial charge in [0.15, 0.2) is 11.8 Å².